The summed E-state index contributed by atoms with van der Waals surface area (Å²) in [6.07, 6.45) is 7.22. The summed E-state index contributed by atoms with van der Waals surface area (Å²) in [5, 5.41) is 12.5. The van der Waals surface area contributed by atoms with E-state index in [1.165, 1.54) is 12.8 Å². The highest BCUT2D eigenvalue weighted by atomic mass is 16.2. The topological polar surface area (TPSA) is 69.8 Å². The normalized spacial score (nSPS) is 16.3. The van der Waals surface area contributed by atoms with Gasteiger partial charge < -0.3 is 5.32 Å². The maximum absolute atomic E-state index is 11.7. The summed E-state index contributed by atoms with van der Waals surface area (Å²) < 4.78 is 0. The van der Waals surface area contributed by atoms with Crippen molar-refractivity contribution in [2.45, 2.75) is 45.1 Å². The van der Waals surface area contributed by atoms with Crippen molar-refractivity contribution in [2.24, 2.45) is 0 Å². The van der Waals surface area contributed by atoms with Crippen molar-refractivity contribution >= 4 is 11.8 Å². The molecule has 5 heteroatoms. The average Bonchev–Trinajstić information content (AvgIpc) is 2.88. The largest absolute Gasteiger partial charge is 0.335 e. The smallest absolute Gasteiger partial charge is 0.320 e. The summed E-state index contributed by atoms with van der Waals surface area (Å²) in [6.45, 7) is 2.03. The van der Waals surface area contributed by atoms with Crippen LogP contribution in [0, 0.1) is 0 Å². The first-order valence-corrected chi connectivity index (χ1v) is 5.89. The van der Waals surface area contributed by atoms with Crippen molar-refractivity contribution in [3.63, 3.8) is 0 Å². The van der Waals surface area contributed by atoms with Crippen molar-refractivity contribution < 1.29 is 4.79 Å². The van der Waals surface area contributed by atoms with Gasteiger partial charge in [-0.2, -0.15) is 5.10 Å². The Morgan fingerprint density at radius 2 is 2.31 bits per heavy atom. The molecule has 0 saturated heterocycles. The van der Waals surface area contributed by atoms with Crippen molar-refractivity contribution in [1.82, 2.24) is 15.5 Å². The van der Waals surface area contributed by atoms with Gasteiger partial charge in [-0.15, -0.1) is 0 Å². The molecule has 0 bridgehead atoms. The molecule has 88 valence electrons. The summed E-state index contributed by atoms with van der Waals surface area (Å²) in [6, 6.07) is 0.207. The number of aromatic amines is 1. The minimum absolute atomic E-state index is 0.133. The SMILES string of the molecule is CCc1cn[nH]c1NC(=O)NC1CCCC1. The van der Waals surface area contributed by atoms with Crippen molar-refractivity contribution in [3.8, 4) is 0 Å². The molecule has 1 aliphatic carbocycles. The fourth-order valence-electron chi connectivity index (χ4n) is 2.09. The van der Waals surface area contributed by atoms with Crippen LogP contribution in [0.3, 0.4) is 0 Å². The third-order valence-electron chi connectivity index (χ3n) is 3.03. The molecule has 1 aromatic heterocycles. The number of carbonyl (C=O) groups excluding carboxylic acids is 1. The Morgan fingerprint density at radius 1 is 1.56 bits per heavy atom. The number of urea groups is 1. The second-order valence-electron chi connectivity index (χ2n) is 4.20. The van der Waals surface area contributed by atoms with Gasteiger partial charge in [0, 0.05) is 11.6 Å². The van der Waals surface area contributed by atoms with Gasteiger partial charge in [-0.05, 0) is 19.3 Å². The number of nitrogens with one attached hydrogen (secondary N) is 3. The number of nitrogens with zero attached hydrogens (tertiary/aromatic N) is 1. The van der Waals surface area contributed by atoms with Gasteiger partial charge in [-0.25, -0.2) is 4.79 Å². The van der Waals surface area contributed by atoms with E-state index in [2.05, 4.69) is 20.8 Å². The monoisotopic (exact) mass is 222 g/mol. The third-order valence-corrected chi connectivity index (χ3v) is 3.03. The van der Waals surface area contributed by atoms with Crippen LogP contribution < -0.4 is 10.6 Å². The Hall–Kier alpha value is -1.52. The van der Waals surface area contributed by atoms with Crippen molar-refractivity contribution in [2.75, 3.05) is 5.32 Å². The number of aryl methyl sites for hydroxylation is 1. The number of carbonyl (C=O) groups is 1. The first-order chi connectivity index (χ1) is 7.79. The Bertz CT molecular complexity index is 355. The van der Waals surface area contributed by atoms with Gasteiger partial charge in [0.15, 0.2) is 0 Å². The van der Waals surface area contributed by atoms with Gasteiger partial charge >= 0.3 is 6.03 Å². The van der Waals surface area contributed by atoms with Gasteiger partial charge in [0.2, 0.25) is 0 Å². The number of rotatable bonds is 3. The molecule has 16 heavy (non-hydrogen) atoms. The molecule has 3 N–H and O–H groups in total. The van der Waals surface area contributed by atoms with E-state index >= 15 is 0 Å². The number of hydrogen-bond acceptors (Lipinski definition) is 2. The Balaban J connectivity index is 1.86. The van der Waals surface area contributed by atoms with Crippen LogP contribution >= 0.6 is 0 Å². The van der Waals surface area contributed by atoms with Crippen molar-refractivity contribution in [1.29, 1.82) is 0 Å². The van der Waals surface area contributed by atoms with E-state index in [1.54, 1.807) is 6.20 Å². The van der Waals surface area contributed by atoms with E-state index < -0.39 is 0 Å². The second-order valence-corrected chi connectivity index (χ2v) is 4.20. The average molecular weight is 222 g/mol. The lowest BCUT2D eigenvalue weighted by molar-refractivity contribution is 0.248. The first kappa shape index (κ1) is 11.0. The maximum atomic E-state index is 11.7. The summed E-state index contributed by atoms with van der Waals surface area (Å²) in [4.78, 5) is 11.7. The van der Waals surface area contributed by atoms with E-state index in [0.717, 1.165) is 24.8 Å². The van der Waals surface area contributed by atoms with Gasteiger partial charge in [0.25, 0.3) is 0 Å². The van der Waals surface area contributed by atoms with E-state index in [9.17, 15) is 4.79 Å². The summed E-state index contributed by atoms with van der Waals surface area (Å²) in [5.41, 5.74) is 1.03. The van der Waals surface area contributed by atoms with Crippen molar-refractivity contribution in [3.05, 3.63) is 11.8 Å². The molecule has 0 unspecified atom stereocenters. The molecule has 2 amide bonds. The van der Waals surface area contributed by atoms with E-state index in [-0.39, 0.29) is 6.03 Å². The third kappa shape index (κ3) is 2.53. The van der Waals surface area contributed by atoms with Gasteiger partial charge in [-0.3, -0.25) is 10.4 Å². The number of aromatic nitrogens is 2. The molecular formula is C11H18N4O. The molecule has 0 spiro atoms. The molecule has 1 aliphatic rings. The van der Waals surface area contributed by atoms with Crippen LogP contribution in [-0.4, -0.2) is 22.3 Å². The van der Waals surface area contributed by atoms with E-state index in [0.29, 0.717) is 11.9 Å². The Kier molecular flexibility index (Phi) is 3.44. The molecule has 5 nitrogen and oxygen atoms in total. The predicted octanol–water partition coefficient (Wildman–Crippen LogP) is 2.04. The van der Waals surface area contributed by atoms with Crippen LogP contribution in [0.15, 0.2) is 6.20 Å². The predicted molar refractivity (Wildman–Crippen MR) is 62.4 cm³/mol. The lowest BCUT2D eigenvalue weighted by atomic mass is 10.2. The number of H-pyrrole nitrogens is 1. The van der Waals surface area contributed by atoms with Crippen LogP contribution in [0.2, 0.25) is 0 Å². The highest BCUT2D eigenvalue weighted by Gasteiger charge is 2.17. The lowest BCUT2D eigenvalue weighted by Gasteiger charge is -2.12. The summed E-state index contributed by atoms with van der Waals surface area (Å²) in [7, 11) is 0. The standard InChI is InChI=1S/C11H18N4O/c1-2-8-7-12-15-10(8)14-11(16)13-9-5-3-4-6-9/h7,9H,2-6H2,1H3,(H3,12,13,14,15,16). The van der Waals surface area contributed by atoms with Gasteiger partial charge in [0.1, 0.15) is 5.82 Å². The molecule has 1 saturated carbocycles. The zero-order chi connectivity index (χ0) is 11.4. The summed E-state index contributed by atoms with van der Waals surface area (Å²) >= 11 is 0. The van der Waals surface area contributed by atoms with Crippen LogP contribution in [0.4, 0.5) is 10.6 Å². The summed E-state index contributed by atoms with van der Waals surface area (Å²) in [5.74, 6) is 0.706. The molecule has 0 aromatic carbocycles. The van der Waals surface area contributed by atoms with Crippen LogP contribution in [0.5, 0.6) is 0 Å². The Morgan fingerprint density at radius 3 is 3.00 bits per heavy atom. The molecule has 1 aromatic rings. The number of amides is 2. The fourth-order valence-corrected chi connectivity index (χ4v) is 2.09. The highest BCUT2D eigenvalue weighted by molar-refractivity contribution is 5.89. The minimum atomic E-state index is -0.133. The quantitative estimate of drug-likeness (QED) is 0.732. The molecule has 1 fully saturated rings. The van der Waals surface area contributed by atoms with Gasteiger partial charge in [0.05, 0.1) is 6.20 Å². The number of anilines is 1. The highest BCUT2D eigenvalue weighted by Crippen LogP contribution is 2.18. The zero-order valence-corrected chi connectivity index (χ0v) is 9.55. The van der Waals surface area contributed by atoms with Crippen LogP contribution in [-0.2, 0) is 6.42 Å². The second kappa shape index (κ2) is 5.01. The van der Waals surface area contributed by atoms with Crippen LogP contribution in [0.25, 0.3) is 0 Å². The fraction of sp³-hybridized carbons (Fsp3) is 0.636. The van der Waals surface area contributed by atoms with E-state index in [4.69, 9.17) is 0 Å². The maximum Gasteiger partial charge on any atom is 0.320 e. The molecule has 0 aliphatic heterocycles. The van der Waals surface area contributed by atoms with Gasteiger partial charge in [-0.1, -0.05) is 19.8 Å². The minimum Gasteiger partial charge on any atom is -0.335 e. The molecule has 0 atom stereocenters. The molecular weight excluding hydrogens is 204 g/mol. The number of hydrogen-bond donors (Lipinski definition) is 3. The molecule has 2 rings (SSSR count). The first-order valence-electron chi connectivity index (χ1n) is 5.89. The Labute approximate surface area is 95.0 Å². The van der Waals surface area contributed by atoms with Crippen LogP contribution in [0.1, 0.15) is 38.2 Å². The van der Waals surface area contributed by atoms with E-state index in [1.807, 2.05) is 6.92 Å². The lowest BCUT2D eigenvalue weighted by Crippen LogP contribution is -2.36. The molecule has 1 heterocycles. The zero-order valence-electron chi connectivity index (χ0n) is 9.55. The molecule has 0 radical (unpaired) electrons.